The van der Waals surface area contributed by atoms with Crippen LogP contribution >= 0.6 is 0 Å². The summed E-state index contributed by atoms with van der Waals surface area (Å²) in [4.78, 5) is 8.98. The molecule has 0 radical (unpaired) electrons. The number of pyridine rings is 1. The summed E-state index contributed by atoms with van der Waals surface area (Å²) in [6.45, 7) is 0.549. The third kappa shape index (κ3) is 3.62. The average Bonchev–Trinajstić information content (AvgIpc) is 3.54. The largest absolute Gasteiger partial charge is 0.538 e. The van der Waals surface area contributed by atoms with Gasteiger partial charge in [0.15, 0.2) is 5.88 Å². The molecule has 0 amide bonds. The van der Waals surface area contributed by atoms with Gasteiger partial charge in [0.1, 0.15) is 17.3 Å². The Morgan fingerprint density at radius 1 is 0.775 bits per heavy atom. The van der Waals surface area contributed by atoms with Gasteiger partial charge >= 0.3 is 6.92 Å². The standard InChI is InChI=1S/C33H25BN4O2/c1-36-21-33-37(22-36)31-20-25(15-17-28(31)34(40-33)23-9-3-2-4-10-23)39-24-14-16-27-26-11-5-6-12-29(26)38(30(27)19-24)32-13-7-8-18-35-32/h2-21H,22H2,1H3. The van der Waals surface area contributed by atoms with Gasteiger partial charge < -0.3 is 14.3 Å². The van der Waals surface area contributed by atoms with Gasteiger partial charge in [0.2, 0.25) is 0 Å². The molecule has 8 rings (SSSR count). The zero-order chi connectivity index (χ0) is 26.6. The van der Waals surface area contributed by atoms with Gasteiger partial charge in [-0.15, -0.1) is 0 Å². The van der Waals surface area contributed by atoms with Gasteiger partial charge in [0, 0.05) is 41.8 Å². The molecule has 0 N–H and O–H groups in total. The van der Waals surface area contributed by atoms with E-state index in [1.165, 1.54) is 5.39 Å². The molecular weight excluding hydrogens is 495 g/mol. The van der Waals surface area contributed by atoms with Crippen LogP contribution in [0.1, 0.15) is 0 Å². The minimum Gasteiger partial charge on any atom is -0.538 e. The number of anilines is 1. The van der Waals surface area contributed by atoms with E-state index in [9.17, 15) is 0 Å². The van der Waals surface area contributed by atoms with Crippen molar-refractivity contribution in [2.75, 3.05) is 18.6 Å². The van der Waals surface area contributed by atoms with Crippen molar-refractivity contribution >= 4 is 45.3 Å². The monoisotopic (exact) mass is 520 g/mol. The summed E-state index contributed by atoms with van der Waals surface area (Å²) in [5, 5.41) is 2.35. The number of benzene rings is 4. The molecule has 6 nitrogen and oxygen atoms in total. The lowest BCUT2D eigenvalue weighted by atomic mass is 9.54. The van der Waals surface area contributed by atoms with Gasteiger partial charge in [-0.05, 0) is 47.3 Å². The molecule has 6 aromatic rings. The van der Waals surface area contributed by atoms with E-state index < -0.39 is 0 Å². The second kappa shape index (κ2) is 8.95. The summed E-state index contributed by atoms with van der Waals surface area (Å²) < 4.78 is 15.2. The van der Waals surface area contributed by atoms with Gasteiger partial charge in [0.25, 0.3) is 0 Å². The van der Waals surface area contributed by atoms with Crippen LogP contribution in [-0.4, -0.2) is 35.1 Å². The molecule has 2 aliphatic heterocycles. The molecule has 2 aliphatic rings. The fourth-order valence-corrected chi connectivity index (χ4v) is 5.87. The van der Waals surface area contributed by atoms with E-state index in [-0.39, 0.29) is 6.92 Å². The van der Waals surface area contributed by atoms with Crippen molar-refractivity contribution in [2.24, 2.45) is 0 Å². The molecular formula is C33H25BN4O2. The Morgan fingerprint density at radius 2 is 1.55 bits per heavy atom. The first-order valence-corrected chi connectivity index (χ1v) is 13.4. The Bertz CT molecular complexity index is 1920. The average molecular weight is 520 g/mol. The van der Waals surface area contributed by atoms with Crippen LogP contribution in [0.3, 0.4) is 0 Å². The zero-order valence-corrected chi connectivity index (χ0v) is 21.9. The van der Waals surface area contributed by atoms with E-state index in [2.05, 4.69) is 105 Å². The SMILES string of the molecule is CN1C=C2OB(c3ccccc3)c3ccc(Oc4ccc5c6ccccc6n(-c6ccccn6)c5c4)cc3N2C1. The van der Waals surface area contributed by atoms with E-state index >= 15 is 0 Å². The molecule has 0 aliphatic carbocycles. The minimum atomic E-state index is -0.176. The molecule has 0 fully saturated rings. The van der Waals surface area contributed by atoms with Crippen molar-refractivity contribution in [3.05, 3.63) is 127 Å². The number of para-hydroxylation sites is 1. The Labute approximate surface area is 232 Å². The number of aromatic nitrogens is 2. The Morgan fingerprint density at radius 3 is 2.42 bits per heavy atom. The summed E-state index contributed by atoms with van der Waals surface area (Å²) in [7, 11) is 2.06. The molecule has 0 unspecified atom stereocenters. The van der Waals surface area contributed by atoms with Crippen LogP contribution in [0.4, 0.5) is 5.69 Å². The van der Waals surface area contributed by atoms with Gasteiger partial charge in [0.05, 0.1) is 23.9 Å². The topological polar surface area (TPSA) is 42.8 Å². The molecule has 40 heavy (non-hydrogen) atoms. The number of rotatable bonds is 4. The number of nitrogens with zero attached hydrogens (tertiary/aromatic N) is 4. The quantitative estimate of drug-likeness (QED) is 0.283. The Balaban J connectivity index is 1.22. The maximum absolute atomic E-state index is 6.52. The highest BCUT2D eigenvalue weighted by Crippen LogP contribution is 2.36. The lowest BCUT2D eigenvalue weighted by molar-refractivity contribution is 0.428. The summed E-state index contributed by atoms with van der Waals surface area (Å²) in [6, 6.07) is 37.4. The summed E-state index contributed by atoms with van der Waals surface area (Å²) in [6.07, 6.45) is 3.88. The highest BCUT2D eigenvalue weighted by molar-refractivity contribution is 6.81. The van der Waals surface area contributed by atoms with E-state index in [0.29, 0.717) is 0 Å². The highest BCUT2D eigenvalue weighted by atomic mass is 16.5. The van der Waals surface area contributed by atoms with Gasteiger partial charge in [-0.2, -0.15) is 0 Å². The fourth-order valence-electron chi connectivity index (χ4n) is 5.87. The predicted octanol–water partition coefficient (Wildman–Crippen LogP) is 5.62. The first kappa shape index (κ1) is 22.8. The van der Waals surface area contributed by atoms with E-state index in [0.717, 1.165) is 62.9 Å². The van der Waals surface area contributed by atoms with Crippen LogP contribution in [0, 0.1) is 0 Å². The first-order valence-electron chi connectivity index (χ1n) is 13.4. The molecule has 4 heterocycles. The molecule has 192 valence electrons. The number of ether oxygens (including phenoxy) is 1. The van der Waals surface area contributed by atoms with Crippen molar-refractivity contribution < 1.29 is 9.39 Å². The zero-order valence-electron chi connectivity index (χ0n) is 21.9. The van der Waals surface area contributed by atoms with Gasteiger partial charge in [-0.1, -0.05) is 60.7 Å². The molecule has 2 aromatic heterocycles. The van der Waals surface area contributed by atoms with Crippen LogP contribution < -0.4 is 20.6 Å². The molecule has 7 heteroatoms. The lowest BCUT2D eigenvalue weighted by Crippen LogP contribution is -2.52. The van der Waals surface area contributed by atoms with Crippen LogP contribution in [0.15, 0.2) is 127 Å². The van der Waals surface area contributed by atoms with Crippen molar-refractivity contribution in [1.82, 2.24) is 14.5 Å². The first-order chi connectivity index (χ1) is 19.7. The van der Waals surface area contributed by atoms with E-state index in [4.69, 9.17) is 9.39 Å². The second-order valence-corrected chi connectivity index (χ2v) is 10.2. The maximum Gasteiger partial charge on any atom is 0.430 e. The third-order valence-electron chi connectivity index (χ3n) is 7.64. The fraction of sp³-hybridized carbons (Fsp3) is 0.0606. The number of hydrogen-bond donors (Lipinski definition) is 0. The maximum atomic E-state index is 6.52. The summed E-state index contributed by atoms with van der Waals surface area (Å²) in [5.74, 6) is 3.28. The minimum absolute atomic E-state index is 0.176. The summed E-state index contributed by atoms with van der Waals surface area (Å²) >= 11 is 0. The Hall–Kier alpha value is -5.17. The van der Waals surface area contributed by atoms with Crippen LogP contribution in [0.2, 0.25) is 0 Å². The van der Waals surface area contributed by atoms with Gasteiger partial charge in [-0.25, -0.2) is 4.98 Å². The van der Waals surface area contributed by atoms with Gasteiger partial charge in [-0.3, -0.25) is 9.47 Å². The van der Waals surface area contributed by atoms with Crippen LogP contribution in [0.25, 0.3) is 27.6 Å². The van der Waals surface area contributed by atoms with E-state index in [1.54, 1.807) is 0 Å². The van der Waals surface area contributed by atoms with Crippen molar-refractivity contribution in [3.63, 3.8) is 0 Å². The molecule has 0 atom stereocenters. The van der Waals surface area contributed by atoms with Crippen molar-refractivity contribution in [2.45, 2.75) is 0 Å². The smallest absolute Gasteiger partial charge is 0.430 e. The van der Waals surface area contributed by atoms with Crippen molar-refractivity contribution in [3.8, 4) is 17.3 Å². The highest BCUT2D eigenvalue weighted by Gasteiger charge is 2.38. The second-order valence-electron chi connectivity index (χ2n) is 10.2. The summed E-state index contributed by atoms with van der Waals surface area (Å²) in [5.41, 5.74) is 5.51. The van der Waals surface area contributed by atoms with Crippen LogP contribution in [-0.2, 0) is 4.65 Å². The molecule has 0 saturated heterocycles. The number of fused-ring (bicyclic) bond motifs is 6. The number of hydrogen-bond acceptors (Lipinski definition) is 5. The Kier molecular flexibility index (Phi) is 5.10. The normalized spacial score (nSPS) is 14.2. The van der Waals surface area contributed by atoms with Crippen LogP contribution in [0.5, 0.6) is 11.5 Å². The third-order valence-corrected chi connectivity index (χ3v) is 7.64. The lowest BCUT2D eigenvalue weighted by Gasteiger charge is -2.33. The molecule has 0 spiro atoms. The van der Waals surface area contributed by atoms with E-state index in [1.807, 2.05) is 42.6 Å². The molecule has 0 bridgehead atoms. The van der Waals surface area contributed by atoms with Crippen molar-refractivity contribution in [1.29, 1.82) is 0 Å². The predicted molar refractivity (Wildman–Crippen MR) is 161 cm³/mol. The molecule has 4 aromatic carbocycles. The molecule has 0 saturated carbocycles.